The van der Waals surface area contributed by atoms with Crippen molar-refractivity contribution >= 4 is 33.4 Å². The minimum Gasteiger partial charge on any atom is -0.322 e. The Balaban J connectivity index is 3.04. The lowest BCUT2D eigenvalue weighted by atomic mass is 10.3. The summed E-state index contributed by atoms with van der Waals surface area (Å²) in [6, 6.07) is 4.37. The fraction of sp³-hybridized carbons (Fsp3) is 0. The largest absolute Gasteiger partial charge is 0.322 e. The summed E-state index contributed by atoms with van der Waals surface area (Å²) in [6.45, 7) is 0. The van der Waals surface area contributed by atoms with E-state index in [1.54, 1.807) is 6.07 Å². The molecule has 0 saturated heterocycles. The SMILES string of the molecule is Fc1ccc(NBr)cc1Cl. The van der Waals surface area contributed by atoms with Crippen LogP contribution in [0, 0.1) is 5.82 Å². The third-order valence-corrected chi connectivity index (χ3v) is 1.78. The van der Waals surface area contributed by atoms with Crippen LogP contribution >= 0.6 is 27.7 Å². The van der Waals surface area contributed by atoms with Gasteiger partial charge in [0.1, 0.15) is 5.82 Å². The van der Waals surface area contributed by atoms with Crippen molar-refractivity contribution in [2.24, 2.45) is 0 Å². The summed E-state index contributed by atoms with van der Waals surface area (Å²) in [5.41, 5.74) is 0.728. The summed E-state index contributed by atoms with van der Waals surface area (Å²) in [7, 11) is 0. The normalized spacial score (nSPS) is 9.50. The van der Waals surface area contributed by atoms with Crippen molar-refractivity contribution < 1.29 is 4.39 Å². The maximum Gasteiger partial charge on any atom is 0.141 e. The molecule has 0 radical (unpaired) electrons. The van der Waals surface area contributed by atoms with E-state index in [1.165, 1.54) is 12.1 Å². The van der Waals surface area contributed by atoms with Gasteiger partial charge in [-0.3, -0.25) is 0 Å². The molecule has 0 aliphatic heterocycles. The van der Waals surface area contributed by atoms with Crippen molar-refractivity contribution in [2.75, 3.05) is 4.34 Å². The predicted octanol–water partition coefficient (Wildman–Crippen LogP) is 3.20. The third kappa shape index (κ3) is 1.61. The van der Waals surface area contributed by atoms with E-state index in [4.69, 9.17) is 11.6 Å². The monoisotopic (exact) mass is 223 g/mol. The molecule has 0 aliphatic carbocycles. The second kappa shape index (κ2) is 3.21. The Kier molecular flexibility index (Phi) is 2.51. The highest BCUT2D eigenvalue weighted by Crippen LogP contribution is 2.19. The molecule has 4 heteroatoms. The van der Waals surface area contributed by atoms with Crippen LogP contribution < -0.4 is 4.34 Å². The average Bonchev–Trinajstić information content (AvgIpc) is 1.95. The van der Waals surface area contributed by atoms with E-state index in [0.29, 0.717) is 0 Å². The first kappa shape index (κ1) is 7.82. The lowest BCUT2D eigenvalue weighted by Gasteiger charge is -1.97. The maximum atomic E-state index is 12.5. The predicted molar refractivity (Wildman–Crippen MR) is 44.0 cm³/mol. The van der Waals surface area contributed by atoms with E-state index in [-0.39, 0.29) is 5.02 Å². The standard InChI is InChI=1S/C6H4BrClFN/c7-10-4-1-2-6(9)5(8)3-4/h1-3,10H. The fourth-order valence-corrected chi connectivity index (χ4v) is 0.982. The number of rotatable bonds is 1. The molecule has 0 spiro atoms. The number of benzene rings is 1. The lowest BCUT2D eigenvalue weighted by Crippen LogP contribution is -1.81. The van der Waals surface area contributed by atoms with Gasteiger partial charge in [0.2, 0.25) is 0 Å². The van der Waals surface area contributed by atoms with E-state index < -0.39 is 5.82 Å². The van der Waals surface area contributed by atoms with Gasteiger partial charge >= 0.3 is 0 Å². The molecule has 0 atom stereocenters. The number of hydrogen-bond acceptors (Lipinski definition) is 1. The van der Waals surface area contributed by atoms with Crippen LogP contribution in [0.5, 0.6) is 0 Å². The second-order valence-corrected chi connectivity index (χ2v) is 2.53. The molecule has 0 saturated carbocycles. The van der Waals surface area contributed by atoms with E-state index in [0.717, 1.165) is 5.69 Å². The van der Waals surface area contributed by atoms with Gasteiger partial charge in [0.05, 0.1) is 5.02 Å². The van der Waals surface area contributed by atoms with Crippen LogP contribution in [0.25, 0.3) is 0 Å². The zero-order valence-corrected chi connectivity index (χ0v) is 7.21. The van der Waals surface area contributed by atoms with Gasteiger partial charge in [0.15, 0.2) is 0 Å². The summed E-state index contributed by atoms with van der Waals surface area (Å²) < 4.78 is 15.1. The Labute approximate surface area is 71.5 Å². The number of nitrogens with one attached hydrogen (secondary N) is 1. The number of anilines is 1. The van der Waals surface area contributed by atoms with Crippen LogP contribution in [-0.4, -0.2) is 0 Å². The van der Waals surface area contributed by atoms with Crippen LogP contribution in [-0.2, 0) is 0 Å². The van der Waals surface area contributed by atoms with E-state index in [1.807, 2.05) is 0 Å². The molecule has 10 heavy (non-hydrogen) atoms. The molecule has 1 aromatic carbocycles. The molecular formula is C6H4BrClFN. The lowest BCUT2D eigenvalue weighted by molar-refractivity contribution is 0.628. The van der Waals surface area contributed by atoms with Crippen molar-refractivity contribution in [3.8, 4) is 0 Å². The van der Waals surface area contributed by atoms with Crippen molar-refractivity contribution in [1.29, 1.82) is 0 Å². The minimum atomic E-state index is -0.409. The molecule has 1 rings (SSSR count). The molecule has 0 aliphatic rings. The second-order valence-electron chi connectivity index (χ2n) is 1.72. The van der Waals surface area contributed by atoms with Crippen LogP contribution in [0.4, 0.5) is 10.1 Å². The van der Waals surface area contributed by atoms with Gasteiger partial charge in [0.25, 0.3) is 0 Å². The minimum absolute atomic E-state index is 0.115. The zero-order valence-electron chi connectivity index (χ0n) is 4.87. The molecule has 0 heterocycles. The Bertz CT molecular complexity index is 241. The first-order valence-corrected chi connectivity index (χ1v) is 3.73. The number of halogens is 3. The highest BCUT2D eigenvalue weighted by molar-refractivity contribution is 9.10. The molecular weight excluding hydrogens is 220 g/mol. The summed E-state index contributed by atoms with van der Waals surface area (Å²) in [6.07, 6.45) is 0. The summed E-state index contributed by atoms with van der Waals surface area (Å²) in [4.78, 5) is 0. The van der Waals surface area contributed by atoms with Gasteiger partial charge in [-0.1, -0.05) is 11.6 Å². The molecule has 54 valence electrons. The van der Waals surface area contributed by atoms with Crippen LogP contribution in [0.15, 0.2) is 18.2 Å². The van der Waals surface area contributed by atoms with Gasteiger partial charge in [0, 0.05) is 21.8 Å². The highest BCUT2D eigenvalue weighted by Gasteiger charge is 1.97. The fourth-order valence-electron chi connectivity index (χ4n) is 0.555. The first-order valence-electron chi connectivity index (χ1n) is 2.55. The molecule has 1 nitrogen and oxygen atoms in total. The molecule has 1 aromatic rings. The Morgan fingerprint density at radius 1 is 1.50 bits per heavy atom. The summed E-state index contributed by atoms with van der Waals surface area (Å²) in [5.74, 6) is -0.409. The van der Waals surface area contributed by atoms with Crippen molar-refractivity contribution in [2.45, 2.75) is 0 Å². The van der Waals surface area contributed by atoms with Gasteiger partial charge < -0.3 is 4.34 Å². The smallest absolute Gasteiger partial charge is 0.141 e. The van der Waals surface area contributed by atoms with E-state index in [2.05, 4.69) is 20.5 Å². The third-order valence-electron chi connectivity index (χ3n) is 1.03. The van der Waals surface area contributed by atoms with Crippen molar-refractivity contribution in [3.05, 3.63) is 29.0 Å². The highest BCUT2D eigenvalue weighted by atomic mass is 79.9. The quantitative estimate of drug-likeness (QED) is 0.722. The molecule has 1 N–H and O–H groups in total. The Hall–Kier alpha value is -0.280. The van der Waals surface area contributed by atoms with Crippen LogP contribution in [0.2, 0.25) is 5.02 Å². The number of hydrogen-bond donors (Lipinski definition) is 1. The molecule has 0 amide bonds. The molecule has 0 unspecified atom stereocenters. The zero-order chi connectivity index (χ0) is 7.56. The van der Waals surface area contributed by atoms with E-state index >= 15 is 0 Å². The maximum absolute atomic E-state index is 12.5. The van der Waals surface area contributed by atoms with Gasteiger partial charge in [-0.05, 0) is 18.2 Å². The Morgan fingerprint density at radius 3 is 2.70 bits per heavy atom. The van der Waals surface area contributed by atoms with Crippen molar-refractivity contribution in [3.63, 3.8) is 0 Å². The van der Waals surface area contributed by atoms with E-state index in [9.17, 15) is 4.39 Å². The summed E-state index contributed by atoms with van der Waals surface area (Å²) >= 11 is 8.44. The molecule has 0 fully saturated rings. The average molecular weight is 224 g/mol. The molecule has 0 aromatic heterocycles. The Morgan fingerprint density at radius 2 is 2.20 bits per heavy atom. The summed E-state index contributed by atoms with van der Waals surface area (Å²) in [5, 5.41) is 0.115. The van der Waals surface area contributed by atoms with Crippen LogP contribution in [0.3, 0.4) is 0 Å². The molecule has 0 bridgehead atoms. The van der Waals surface area contributed by atoms with Crippen LogP contribution in [0.1, 0.15) is 0 Å². The van der Waals surface area contributed by atoms with Gasteiger partial charge in [-0.25, -0.2) is 4.39 Å². The first-order chi connectivity index (χ1) is 4.74. The van der Waals surface area contributed by atoms with Gasteiger partial charge in [-0.2, -0.15) is 0 Å². The topological polar surface area (TPSA) is 12.0 Å². The van der Waals surface area contributed by atoms with Crippen molar-refractivity contribution in [1.82, 2.24) is 0 Å². The van der Waals surface area contributed by atoms with Gasteiger partial charge in [-0.15, -0.1) is 0 Å².